The van der Waals surface area contributed by atoms with Crippen LogP contribution in [0, 0.1) is 11.8 Å². The van der Waals surface area contributed by atoms with Crippen LogP contribution >= 0.6 is 0 Å². The molecule has 0 bridgehead atoms. The van der Waals surface area contributed by atoms with Gasteiger partial charge in [-0.1, -0.05) is 131 Å². The molecule has 0 saturated heterocycles. The summed E-state index contributed by atoms with van der Waals surface area (Å²) < 4.78 is 12.0. The molecule has 0 heterocycles. The first-order valence-electron chi connectivity index (χ1n) is 17.6. The summed E-state index contributed by atoms with van der Waals surface area (Å²) in [5.41, 5.74) is 0. The van der Waals surface area contributed by atoms with Crippen LogP contribution < -0.4 is 0 Å². The lowest BCUT2D eigenvalue weighted by Gasteiger charge is -2.26. The van der Waals surface area contributed by atoms with Crippen molar-refractivity contribution in [3.05, 3.63) is 12.2 Å². The molecule has 4 unspecified atom stereocenters. The van der Waals surface area contributed by atoms with E-state index in [4.69, 9.17) is 9.47 Å². The first-order valence-corrected chi connectivity index (χ1v) is 17.6. The Hall–Kier alpha value is -1.32. The number of ether oxygens (including phenoxy) is 2. The molecule has 0 radical (unpaired) electrons. The molecule has 4 nitrogen and oxygen atoms in total. The Morgan fingerprint density at radius 3 is 1.10 bits per heavy atom. The molecule has 0 aromatic heterocycles. The van der Waals surface area contributed by atoms with Crippen LogP contribution in [0.25, 0.3) is 0 Å². The van der Waals surface area contributed by atoms with Gasteiger partial charge < -0.3 is 9.47 Å². The Bertz CT molecular complexity index is 562. The van der Waals surface area contributed by atoms with E-state index in [9.17, 15) is 9.59 Å². The first-order chi connectivity index (χ1) is 19.5. The molecule has 4 atom stereocenters. The lowest BCUT2D eigenvalue weighted by Crippen LogP contribution is -2.27. The van der Waals surface area contributed by atoms with Gasteiger partial charge in [0, 0.05) is 12.2 Å². The Morgan fingerprint density at radius 1 is 0.450 bits per heavy atom. The maximum Gasteiger partial charge on any atom is 0.331 e. The third-order valence-corrected chi connectivity index (χ3v) is 8.53. The fraction of sp³-hybridized carbons (Fsp3) is 0.889. The third-order valence-electron chi connectivity index (χ3n) is 8.53. The standard InChI is InChI=1S/C36H68O4/c1-7-13-17-19-21-23-27-33(31(11-5)25-15-9-3)39-35(37)29-30-36(38)40-34(32(12-6)26-16-10-4)28-24-22-20-18-14-8-2/h29-34H,7-28H2,1-6H3/b30-29+. The summed E-state index contributed by atoms with van der Waals surface area (Å²) >= 11 is 0. The van der Waals surface area contributed by atoms with Crippen molar-refractivity contribution in [2.45, 2.75) is 195 Å². The van der Waals surface area contributed by atoms with Crippen LogP contribution in [-0.2, 0) is 19.1 Å². The number of carbonyl (C=O) groups is 2. The predicted octanol–water partition coefficient (Wildman–Crippen LogP) is 11.3. The van der Waals surface area contributed by atoms with Crippen molar-refractivity contribution in [1.82, 2.24) is 0 Å². The van der Waals surface area contributed by atoms with E-state index in [-0.39, 0.29) is 12.2 Å². The van der Waals surface area contributed by atoms with E-state index in [1.807, 2.05) is 0 Å². The fourth-order valence-electron chi connectivity index (χ4n) is 5.78. The van der Waals surface area contributed by atoms with Gasteiger partial charge in [0.15, 0.2) is 0 Å². The summed E-state index contributed by atoms with van der Waals surface area (Å²) in [5, 5.41) is 0. The maximum atomic E-state index is 12.8. The van der Waals surface area contributed by atoms with E-state index in [0.29, 0.717) is 11.8 Å². The minimum absolute atomic E-state index is 0.0742. The molecule has 40 heavy (non-hydrogen) atoms. The van der Waals surface area contributed by atoms with Gasteiger partial charge in [-0.3, -0.25) is 0 Å². The summed E-state index contributed by atoms with van der Waals surface area (Å²) in [6.45, 7) is 13.3. The van der Waals surface area contributed by atoms with E-state index in [1.165, 1.54) is 76.4 Å². The van der Waals surface area contributed by atoms with Crippen molar-refractivity contribution >= 4 is 11.9 Å². The summed E-state index contributed by atoms with van der Waals surface area (Å²) in [5.74, 6) is -0.0577. The van der Waals surface area contributed by atoms with Gasteiger partial charge in [-0.15, -0.1) is 0 Å². The van der Waals surface area contributed by atoms with E-state index < -0.39 is 11.9 Å². The van der Waals surface area contributed by atoms with Gasteiger partial charge in [-0.2, -0.15) is 0 Å². The Kier molecular flexibility index (Phi) is 26.9. The monoisotopic (exact) mass is 565 g/mol. The normalized spacial score (nSPS) is 14.7. The average Bonchev–Trinajstić information content (AvgIpc) is 2.95. The summed E-state index contributed by atoms with van der Waals surface area (Å²) in [6.07, 6.45) is 27.8. The smallest absolute Gasteiger partial charge is 0.331 e. The zero-order chi connectivity index (χ0) is 29.8. The minimum atomic E-state index is -0.409. The molecule has 0 N–H and O–H groups in total. The lowest BCUT2D eigenvalue weighted by atomic mass is 9.90. The SMILES string of the molecule is CCCCCCCCC(OC(=O)/C=C/C(=O)OC(CCCCCCCC)C(CC)CCCC)C(CC)CCCC. The van der Waals surface area contributed by atoms with Gasteiger partial charge in [0.25, 0.3) is 0 Å². The maximum absolute atomic E-state index is 12.8. The molecule has 0 spiro atoms. The number of esters is 2. The average molecular weight is 565 g/mol. The molecular formula is C36H68O4. The van der Waals surface area contributed by atoms with E-state index in [2.05, 4.69) is 41.5 Å². The summed E-state index contributed by atoms with van der Waals surface area (Å²) in [7, 11) is 0. The number of unbranched alkanes of at least 4 members (excludes halogenated alkanes) is 12. The third kappa shape index (κ3) is 20.5. The second-order valence-corrected chi connectivity index (χ2v) is 12.0. The second kappa shape index (κ2) is 27.8. The molecule has 0 aliphatic rings. The molecule has 0 fully saturated rings. The fourth-order valence-corrected chi connectivity index (χ4v) is 5.78. The molecule has 0 rings (SSSR count). The Labute approximate surface area is 249 Å². The first kappa shape index (κ1) is 38.7. The van der Waals surface area contributed by atoms with Crippen molar-refractivity contribution in [2.24, 2.45) is 11.8 Å². The van der Waals surface area contributed by atoms with Gasteiger partial charge in [0.2, 0.25) is 0 Å². The summed E-state index contributed by atoms with van der Waals surface area (Å²) in [4.78, 5) is 25.6. The molecule has 0 aliphatic heterocycles. The topological polar surface area (TPSA) is 52.6 Å². The van der Waals surface area contributed by atoms with Gasteiger partial charge in [0.05, 0.1) is 0 Å². The molecule has 4 heteroatoms. The largest absolute Gasteiger partial charge is 0.459 e. The van der Waals surface area contributed by atoms with Gasteiger partial charge in [0.1, 0.15) is 12.2 Å². The van der Waals surface area contributed by atoms with E-state index >= 15 is 0 Å². The summed E-state index contributed by atoms with van der Waals surface area (Å²) in [6, 6.07) is 0. The van der Waals surface area contributed by atoms with Crippen molar-refractivity contribution in [3.63, 3.8) is 0 Å². The predicted molar refractivity (Wildman–Crippen MR) is 171 cm³/mol. The van der Waals surface area contributed by atoms with Crippen LogP contribution in [0.15, 0.2) is 12.2 Å². The molecule has 0 amide bonds. The van der Waals surface area contributed by atoms with E-state index in [0.717, 1.165) is 77.0 Å². The van der Waals surface area contributed by atoms with Gasteiger partial charge in [-0.25, -0.2) is 9.59 Å². The van der Waals surface area contributed by atoms with Crippen LogP contribution in [0.1, 0.15) is 183 Å². The number of carbonyl (C=O) groups excluding carboxylic acids is 2. The number of hydrogen-bond donors (Lipinski definition) is 0. The van der Waals surface area contributed by atoms with Crippen LogP contribution in [0.2, 0.25) is 0 Å². The zero-order valence-electron chi connectivity index (χ0n) is 27.7. The Balaban J connectivity index is 5.09. The van der Waals surface area contributed by atoms with Crippen molar-refractivity contribution in [1.29, 1.82) is 0 Å². The van der Waals surface area contributed by atoms with Gasteiger partial charge in [-0.05, 0) is 63.2 Å². The van der Waals surface area contributed by atoms with Crippen molar-refractivity contribution < 1.29 is 19.1 Å². The molecule has 236 valence electrons. The molecule has 0 aromatic carbocycles. The van der Waals surface area contributed by atoms with Crippen LogP contribution in [0.3, 0.4) is 0 Å². The minimum Gasteiger partial charge on any atom is -0.459 e. The van der Waals surface area contributed by atoms with Gasteiger partial charge >= 0.3 is 11.9 Å². The van der Waals surface area contributed by atoms with Crippen LogP contribution in [0.4, 0.5) is 0 Å². The molecule has 0 saturated carbocycles. The number of hydrogen-bond acceptors (Lipinski definition) is 4. The van der Waals surface area contributed by atoms with E-state index in [1.54, 1.807) is 0 Å². The number of rotatable bonds is 28. The lowest BCUT2D eigenvalue weighted by molar-refractivity contribution is -0.149. The van der Waals surface area contributed by atoms with Crippen molar-refractivity contribution in [2.75, 3.05) is 0 Å². The van der Waals surface area contributed by atoms with Crippen molar-refractivity contribution in [3.8, 4) is 0 Å². The Morgan fingerprint density at radius 2 is 0.775 bits per heavy atom. The molecular weight excluding hydrogens is 496 g/mol. The highest BCUT2D eigenvalue weighted by Crippen LogP contribution is 2.26. The highest BCUT2D eigenvalue weighted by atomic mass is 16.5. The highest BCUT2D eigenvalue weighted by Gasteiger charge is 2.24. The molecule has 0 aliphatic carbocycles. The van der Waals surface area contributed by atoms with Crippen LogP contribution in [-0.4, -0.2) is 24.1 Å². The quantitative estimate of drug-likeness (QED) is 0.0538. The molecule has 0 aromatic rings. The zero-order valence-corrected chi connectivity index (χ0v) is 27.7. The second-order valence-electron chi connectivity index (χ2n) is 12.0. The highest BCUT2D eigenvalue weighted by molar-refractivity contribution is 5.91. The van der Waals surface area contributed by atoms with Crippen LogP contribution in [0.5, 0.6) is 0 Å².